The van der Waals surface area contributed by atoms with Gasteiger partial charge in [-0.2, -0.15) is 0 Å². The van der Waals surface area contributed by atoms with Gasteiger partial charge in [-0.3, -0.25) is 5.21 Å². The average Bonchev–Trinajstić information content (AvgIpc) is 2.26. The van der Waals surface area contributed by atoms with Gasteiger partial charge in [0.1, 0.15) is 0 Å². The van der Waals surface area contributed by atoms with Gasteiger partial charge in [-0.15, -0.1) is 0 Å². The van der Waals surface area contributed by atoms with Crippen molar-refractivity contribution in [3.05, 3.63) is 35.9 Å². The second-order valence-electron chi connectivity index (χ2n) is 2.77. The van der Waals surface area contributed by atoms with Gasteiger partial charge in [0.2, 0.25) is 0 Å². The highest BCUT2D eigenvalue weighted by Gasteiger charge is 2.21. The maximum atomic E-state index is 10.8. The van der Waals surface area contributed by atoms with Crippen molar-refractivity contribution < 1.29 is 19.9 Å². The molecule has 15 heavy (non-hydrogen) atoms. The maximum absolute atomic E-state index is 10.8. The van der Waals surface area contributed by atoms with E-state index in [0.29, 0.717) is 5.56 Å². The summed E-state index contributed by atoms with van der Waals surface area (Å²) in [7, 11) is 0. The van der Waals surface area contributed by atoms with Gasteiger partial charge in [-0.1, -0.05) is 30.3 Å². The van der Waals surface area contributed by atoms with E-state index in [9.17, 15) is 9.59 Å². The van der Waals surface area contributed by atoms with Gasteiger partial charge in [-0.25, -0.2) is 15.1 Å². The summed E-state index contributed by atoms with van der Waals surface area (Å²) in [5.41, 5.74) is 1.73. The van der Waals surface area contributed by atoms with Crippen LogP contribution in [-0.2, 0) is 4.79 Å². The summed E-state index contributed by atoms with van der Waals surface area (Å²) in [6.45, 7) is 0. The molecule has 0 aliphatic rings. The summed E-state index contributed by atoms with van der Waals surface area (Å²) in [4.78, 5) is 21.6. The predicted octanol–water partition coefficient (Wildman–Crippen LogP) is 0.501. The summed E-state index contributed by atoms with van der Waals surface area (Å²) in [6.07, 6.45) is 0. The first kappa shape index (κ1) is 11.0. The summed E-state index contributed by atoms with van der Waals surface area (Å²) < 4.78 is 0. The second kappa shape index (κ2) is 4.97. The first-order valence-electron chi connectivity index (χ1n) is 4.13. The van der Waals surface area contributed by atoms with Crippen LogP contribution in [-0.4, -0.2) is 22.3 Å². The van der Waals surface area contributed by atoms with E-state index in [4.69, 9.17) is 10.3 Å². The Morgan fingerprint density at radius 2 is 1.80 bits per heavy atom. The van der Waals surface area contributed by atoms with Crippen molar-refractivity contribution in [2.75, 3.05) is 0 Å². The monoisotopic (exact) mass is 210 g/mol. The maximum Gasteiger partial charge on any atom is 0.339 e. The van der Waals surface area contributed by atoms with E-state index in [-0.39, 0.29) is 0 Å². The summed E-state index contributed by atoms with van der Waals surface area (Å²) in [5, 5.41) is 19.2. The van der Waals surface area contributed by atoms with Gasteiger partial charge in [0.25, 0.3) is 0 Å². The largest absolute Gasteiger partial charge is 0.479 e. The number of nitrogens with one attached hydrogen (secondary N) is 2. The molecule has 1 atom stereocenters. The van der Waals surface area contributed by atoms with Crippen LogP contribution in [0.3, 0.4) is 0 Å². The van der Waals surface area contributed by atoms with E-state index < -0.39 is 18.0 Å². The van der Waals surface area contributed by atoms with E-state index in [0.717, 1.165) is 0 Å². The number of amides is 2. The van der Waals surface area contributed by atoms with Crippen LogP contribution in [0, 0.1) is 0 Å². The van der Waals surface area contributed by atoms with Gasteiger partial charge < -0.3 is 10.4 Å². The molecule has 1 unspecified atom stereocenters. The van der Waals surface area contributed by atoms with Crippen molar-refractivity contribution >= 4 is 12.0 Å². The molecule has 0 aliphatic carbocycles. The number of aliphatic carboxylic acids is 1. The lowest BCUT2D eigenvalue weighted by molar-refractivity contribution is -0.139. The highest BCUT2D eigenvalue weighted by Crippen LogP contribution is 2.12. The number of carboxylic acid groups (broad SMARTS) is 1. The topological polar surface area (TPSA) is 98.7 Å². The Hall–Kier alpha value is -2.08. The number of hydrogen-bond acceptors (Lipinski definition) is 3. The van der Waals surface area contributed by atoms with Crippen LogP contribution in [0.2, 0.25) is 0 Å². The third kappa shape index (κ3) is 2.96. The standard InChI is InChI=1S/C9H10N2O4/c12-8(13)7(10-9(14)11-15)6-4-2-1-3-5-6/h1-5,7,15H,(H,12,13)(H2,10,11,14). The minimum Gasteiger partial charge on any atom is -0.479 e. The fourth-order valence-electron chi connectivity index (χ4n) is 1.10. The molecular weight excluding hydrogens is 200 g/mol. The van der Waals surface area contributed by atoms with Crippen molar-refractivity contribution in [3.8, 4) is 0 Å². The van der Waals surface area contributed by atoms with Crippen LogP contribution < -0.4 is 10.8 Å². The molecule has 1 rings (SSSR count). The average molecular weight is 210 g/mol. The normalized spacial score (nSPS) is 11.5. The first-order valence-corrected chi connectivity index (χ1v) is 4.13. The molecule has 0 fully saturated rings. The molecule has 0 saturated heterocycles. The van der Waals surface area contributed by atoms with E-state index in [2.05, 4.69) is 5.32 Å². The third-order valence-corrected chi connectivity index (χ3v) is 1.76. The van der Waals surface area contributed by atoms with Gasteiger partial charge in [0, 0.05) is 0 Å². The van der Waals surface area contributed by atoms with Crippen molar-refractivity contribution in [3.63, 3.8) is 0 Å². The molecule has 1 aromatic rings. The number of carbonyl (C=O) groups excluding carboxylic acids is 1. The molecule has 0 spiro atoms. The summed E-state index contributed by atoms with van der Waals surface area (Å²) in [6, 6.07) is 6.03. The van der Waals surface area contributed by atoms with Crippen LogP contribution in [0.15, 0.2) is 30.3 Å². The Kier molecular flexibility index (Phi) is 3.64. The van der Waals surface area contributed by atoms with Crippen LogP contribution in [0.4, 0.5) is 4.79 Å². The molecular formula is C9H10N2O4. The first-order chi connectivity index (χ1) is 7.15. The summed E-state index contributed by atoms with van der Waals surface area (Å²) in [5.74, 6) is -1.20. The van der Waals surface area contributed by atoms with Crippen LogP contribution in [0.1, 0.15) is 11.6 Å². The molecule has 1 aromatic carbocycles. The number of rotatable bonds is 3. The fourth-order valence-corrected chi connectivity index (χ4v) is 1.10. The van der Waals surface area contributed by atoms with Crippen molar-refractivity contribution in [2.45, 2.75) is 6.04 Å². The molecule has 0 saturated carbocycles. The molecule has 0 aromatic heterocycles. The Labute approximate surface area is 85.5 Å². The zero-order valence-corrected chi connectivity index (χ0v) is 7.68. The van der Waals surface area contributed by atoms with Crippen molar-refractivity contribution in [2.24, 2.45) is 0 Å². The number of hydrogen-bond donors (Lipinski definition) is 4. The van der Waals surface area contributed by atoms with Crippen LogP contribution >= 0.6 is 0 Å². The third-order valence-electron chi connectivity index (χ3n) is 1.76. The second-order valence-corrected chi connectivity index (χ2v) is 2.77. The lowest BCUT2D eigenvalue weighted by Gasteiger charge is -2.13. The zero-order chi connectivity index (χ0) is 11.3. The van der Waals surface area contributed by atoms with Gasteiger partial charge in [0.15, 0.2) is 6.04 Å². The van der Waals surface area contributed by atoms with Crippen molar-refractivity contribution in [1.29, 1.82) is 0 Å². The molecule has 0 bridgehead atoms. The van der Waals surface area contributed by atoms with E-state index >= 15 is 0 Å². The number of carboxylic acids is 1. The summed E-state index contributed by atoms with van der Waals surface area (Å²) >= 11 is 0. The molecule has 6 nitrogen and oxygen atoms in total. The van der Waals surface area contributed by atoms with E-state index in [1.165, 1.54) is 5.48 Å². The Morgan fingerprint density at radius 1 is 1.20 bits per heavy atom. The van der Waals surface area contributed by atoms with E-state index in [1.807, 2.05) is 0 Å². The lowest BCUT2D eigenvalue weighted by atomic mass is 10.1. The van der Waals surface area contributed by atoms with Gasteiger partial charge in [0.05, 0.1) is 0 Å². The number of benzene rings is 1. The molecule has 0 aliphatic heterocycles. The highest BCUT2D eigenvalue weighted by molar-refractivity contribution is 5.83. The lowest BCUT2D eigenvalue weighted by Crippen LogP contribution is -2.39. The molecule has 4 N–H and O–H groups in total. The minimum atomic E-state index is -1.20. The quantitative estimate of drug-likeness (QED) is 0.431. The molecule has 0 heterocycles. The SMILES string of the molecule is O=C(NO)NC(C(=O)O)c1ccccc1. The Bertz CT molecular complexity index is 352. The number of hydroxylamine groups is 1. The smallest absolute Gasteiger partial charge is 0.339 e. The Balaban J connectivity index is 2.84. The van der Waals surface area contributed by atoms with Gasteiger partial charge in [-0.05, 0) is 5.56 Å². The number of urea groups is 1. The van der Waals surface area contributed by atoms with Crippen molar-refractivity contribution in [1.82, 2.24) is 10.8 Å². The number of carbonyl (C=O) groups is 2. The molecule has 0 radical (unpaired) electrons. The zero-order valence-electron chi connectivity index (χ0n) is 7.68. The van der Waals surface area contributed by atoms with Gasteiger partial charge >= 0.3 is 12.0 Å². The Morgan fingerprint density at radius 3 is 2.27 bits per heavy atom. The molecule has 80 valence electrons. The highest BCUT2D eigenvalue weighted by atomic mass is 16.5. The predicted molar refractivity (Wildman–Crippen MR) is 50.3 cm³/mol. The minimum absolute atomic E-state index is 0.425. The van der Waals surface area contributed by atoms with Crippen LogP contribution in [0.25, 0.3) is 0 Å². The van der Waals surface area contributed by atoms with E-state index in [1.54, 1.807) is 30.3 Å². The molecule has 2 amide bonds. The van der Waals surface area contributed by atoms with Crippen LogP contribution in [0.5, 0.6) is 0 Å². The fraction of sp³-hybridized carbons (Fsp3) is 0.111. The molecule has 6 heteroatoms.